The van der Waals surface area contributed by atoms with E-state index in [1.54, 1.807) is 48.6 Å². The molecule has 0 aliphatic carbocycles. The lowest BCUT2D eigenvalue weighted by Gasteiger charge is -2.41. The Morgan fingerprint density at radius 1 is 1.29 bits per heavy atom. The number of nitriles is 1. The highest BCUT2D eigenvalue weighted by atomic mass is 32.2. The molecule has 1 spiro atoms. The molecule has 38 heavy (non-hydrogen) atoms. The summed E-state index contributed by atoms with van der Waals surface area (Å²) in [5, 5.41) is 14.6. The number of nitrogens with one attached hydrogen (secondary N) is 3. The number of carbonyl (C=O) groups excluding carboxylic acids is 2. The number of amides is 1. The number of thioether (sulfide) groups is 1. The Labute approximate surface area is 220 Å². The average molecular weight is 529 g/mol. The summed E-state index contributed by atoms with van der Waals surface area (Å²) in [6.45, 7) is 0. The highest BCUT2D eigenvalue weighted by Crippen LogP contribution is 2.67. The maximum Gasteiger partial charge on any atom is 0.251 e. The van der Waals surface area contributed by atoms with Gasteiger partial charge in [0.05, 0.1) is 19.1 Å². The van der Waals surface area contributed by atoms with Crippen LogP contribution in [0.5, 0.6) is 5.75 Å². The largest absolute Gasteiger partial charge is 0.497 e. The van der Waals surface area contributed by atoms with E-state index in [-0.39, 0.29) is 17.2 Å². The molecule has 11 heteroatoms. The molecule has 2 aromatic heterocycles. The van der Waals surface area contributed by atoms with Crippen molar-refractivity contribution in [2.75, 3.05) is 24.1 Å². The van der Waals surface area contributed by atoms with Crippen LogP contribution in [0.25, 0.3) is 10.9 Å². The molecule has 2 aromatic carbocycles. The first kappa shape index (κ1) is 23.0. The van der Waals surface area contributed by atoms with Crippen molar-refractivity contribution < 1.29 is 18.7 Å². The molecule has 1 unspecified atom stereocenters. The summed E-state index contributed by atoms with van der Waals surface area (Å²) in [6, 6.07) is 11.3. The smallest absolute Gasteiger partial charge is 0.251 e. The summed E-state index contributed by atoms with van der Waals surface area (Å²) in [5.41, 5.74) is -2.14. The zero-order valence-electron chi connectivity index (χ0n) is 20.1. The number of methoxy groups -OCH3 is 1. The molecule has 3 aliphatic heterocycles. The molecule has 3 N–H and O–H groups in total. The SMILES string of the molecule is COc1ccc2[nH]cc(C(=O)[C@]3(C#N)[C@@H](c4ncc[nH]4)C4CSCN4[C@]34C(=O)Nc3ccc(F)cc34)c2c1. The van der Waals surface area contributed by atoms with Gasteiger partial charge in [-0.1, -0.05) is 0 Å². The van der Waals surface area contributed by atoms with Crippen LogP contribution in [0.1, 0.15) is 27.7 Å². The molecule has 5 heterocycles. The van der Waals surface area contributed by atoms with E-state index >= 15 is 0 Å². The normalized spacial score (nSPS) is 27.9. The second-order valence-corrected chi connectivity index (χ2v) is 10.7. The minimum Gasteiger partial charge on any atom is -0.497 e. The van der Waals surface area contributed by atoms with Gasteiger partial charge in [0.2, 0.25) is 0 Å². The highest BCUT2D eigenvalue weighted by Gasteiger charge is 2.79. The van der Waals surface area contributed by atoms with E-state index in [2.05, 4.69) is 26.3 Å². The molecule has 2 fully saturated rings. The van der Waals surface area contributed by atoms with Crippen LogP contribution >= 0.6 is 11.8 Å². The predicted molar refractivity (Wildman–Crippen MR) is 138 cm³/mol. The van der Waals surface area contributed by atoms with Crippen LogP contribution < -0.4 is 10.1 Å². The van der Waals surface area contributed by atoms with Crippen molar-refractivity contribution in [2.45, 2.75) is 17.5 Å². The van der Waals surface area contributed by atoms with Crippen molar-refractivity contribution in [1.82, 2.24) is 19.9 Å². The van der Waals surface area contributed by atoms with Gasteiger partial charge >= 0.3 is 0 Å². The number of aromatic amines is 2. The van der Waals surface area contributed by atoms with Gasteiger partial charge in [-0.15, -0.1) is 11.8 Å². The van der Waals surface area contributed by atoms with Crippen molar-refractivity contribution in [3.63, 3.8) is 0 Å². The molecule has 4 atom stereocenters. The maximum atomic E-state index is 15.0. The van der Waals surface area contributed by atoms with Crippen molar-refractivity contribution >= 4 is 40.0 Å². The molecule has 9 nitrogen and oxygen atoms in total. The predicted octanol–water partition coefficient (Wildman–Crippen LogP) is 3.75. The molecule has 1 amide bonds. The van der Waals surface area contributed by atoms with E-state index in [0.717, 1.165) is 0 Å². The molecule has 4 aromatic rings. The Hall–Kier alpha value is -4.14. The Morgan fingerprint density at radius 2 is 2.16 bits per heavy atom. The summed E-state index contributed by atoms with van der Waals surface area (Å²) in [5.74, 6) is -0.457. The van der Waals surface area contributed by atoms with E-state index in [1.165, 1.54) is 25.3 Å². The van der Waals surface area contributed by atoms with Gasteiger partial charge in [-0.25, -0.2) is 9.37 Å². The number of nitrogens with zero attached hydrogens (tertiary/aromatic N) is 3. The minimum absolute atomic E-state index is 0.253. The molecule has 3 aliphatic rings. The van der Waals surface area contributed by atoms with Crippen LogP contribution in [0.3, 0.4) is 0 Å². The number of rotatable bonds is 4. The third-order valence-electron chi connectivity index (χ3n) is 8.20. The third-order valence-corrected chi connectivity index (χ3v) is 9.24. The Bertz CT molecular complexity index is 1680. The lowest BCUT2D eigenvalue weighted by atomic mass is 9.59. The number of hydrogen-bond donors (Lipinski definition) is 3. The highest BCUT2D eigenvalue weighted by molar-refractivity contribution is 7.99. The van der Waals surface area contributed by atoms with E-state index in [4.69, 9.17) is 4.74 Å². The summed E-state index contributed by atoms with van der Waals surface area (Å²) in [6.07, 6.45) is 4.77. The Balaban J connectivity index is 1.58. The first-order chi connectivity index (χ1) is 18.5. The number of fused-ring (bicyclic) bond motifs is 5. The van der Waals surface area contributed by atoms with Crippen molar-refractivity contribution in [2.24, 2.45) is 5.41 Å². The number of ketones is 1. The monoisotopic (exact) mass is 528 g/mol. The number of anilines is 1. The Morgan fingerprint density at radius 3 is 2.92 bits per heavy atom. The second kappa shape index (κ2) is 7.93. The van der Waals surface area contributed by atoms with Crippen LogP contribution in [0.4, 0.5) is 10.1 Å². The van der Waals surface area contributed by atoms with Gasteiger partial charge in [0.25, 0.3) is 5.91 Å². The van der Waals surface area contributed by atoms with Crippen LogP contribution in [0.15, 0.2) is 55.0 Å². The fraction of sp³-hybridized carbons (Fsp3) is 0.259. The number of hydrogen-bond acceptors (Lipinski definition) is 7. The van der Waals surface area contributed by atoms with Crippen LogP contribution in [-0.2, 0) is 10.3 Å². The molecule has 0 saturated carbocycles. The number of ether oxygens (including phenoxy) is 1. The van der Waals surface area contributed by atoms with Gasteiger partial charge < -0.3 is 20.0 Å². The van der Waals surface area contributed by atoms with E-state index in [9.17, 15) is 19.2 Å². The standard InChI is InChI=1S/C27H21FN6O3S/c1-37-15-3-5-19-16(9-15)17(10-32-19)23(35)26(12-29)22(24-30-6-7-31-24)21-11-38-13-34(21)27(26)18-8-14(28)2-4-20(18)33-25(27)36/h2-10,21-22,32H,11,13H2,1H3,(H,30,31)(H,33,36)/t21?,22-,26+,27-/m1/s1. The van der Waals surface area contributed by atoms with Crippen molar-refractivity contribution in [1.29, 1.82) is 5.26 Å². The zero-order chi connectivity index (χ0) is 26.2. The summed E-state index contributed by atoms with van der Waals surface area (Å²) < 4.78 is 20.2. The lowest BCUT2D eigenvalue weighted by molar-refractivity contribution is -0.129. The van der Waals surface area contributed by atoms with Gasteiger partial charge in [-0.05, 0) is 36.4 Å². The molecule has 190 valence electrons. The van der Waals surface area contributed by atoms with E-state index in [0.29, 0.717) is 39.8 Å². The fourth-order valence-corrected chi connectivity index (χ4v) is 8.03. The van der Waals surface area contributed by atoms with Gasteiger partial charge in [0.1, 0.15) is 17.4 Å². The number of aromatic nitrogens is 3. The average Bonchev–Trinajstić information content (AvgIpc) is 3.74. The quantitative estimate of drug-likeness (QED) is 0.344. The minimum atomic E-state index is -1.97. The second-order valence-electron chi connectivity index (χ2n) is 9.71. The first-order valence-corrected chi connectivity index (χ1v) is 13.2. The number of H-pyrrole nitrogens is 2. The number of carbonyl (C=O) groups is 2. The number of benzene rings is 2. The number of Topliss-reactive ketones (excluding diaryl/α,β-unsaturated/α-hetero) is 1. The number of halogens is 1. The molecule has 2 saturated heterocycles. The van der Waals surface area contributed by atoms with Crippen LogP contribution in [0, 0.1) is 22.6 Å². The number of imidazole rings is 1. The summed E-state index contributed by atoms with van der Waals surface area (Å²) in [4.78, 5) is 41.8. The Kier molecular flexibility index (Phi) is 4.80. The maximum absolute atomic E-state index is 15.0. The van der Waals surface area contributed by atoms with E-state index in [1.807, 2.05) is 4.90 Å². The van der Waals surface area contributed by atoms with Crippen molar-refractivity contribution in [3.8, 4) is 11.8 Å². The summed E-state index contributed by atoms with van der Waals surface area (Å²) >= 11 is 1.60. The first-order valence-electron chi connectivity index (χ1n) is 12.0. The molecule has 7 rings (SSSR count). The van der Waals surface area contributed by atoms with Gasteiger partial charge in [-0.3, -0.25) is 14.5 Å². The fourth-order valence-electron chi connectivity index (χ4n) is 6.72. The molecule has 0 radical (unpaired) electrons. The van der Waals surface area contributed by atoms with E-state index < -0.39 is 34.4 Å². The van der Waals surface area contributed by atoms with Gasteiger partial charge in [0, 0.05) is 64.0 Å². The zero-order valence-corrected chi connectivity index (χ0v) is 20.9. The van der Waals surface area contributed by atoms with Gasteiger partial charge in [-0.2, -0.15) is 5.26 Å². The third kappa shape index (κ3) is 2.61. The van der Waals surface area contributed by atoms with Gasteiger partial charge in [0.15, 0.2) is 16.7 Å². The van der Waals surface area contributed by atoms with Crippen LogP contribution in [-0.4, -0.2) is 56.3 Å². The van der Waals surface area contributed by atoms with Crippen LogP contribution in [0.2, 0.25) is 0 Å². The molecular formula is C27H21FN6O3S. The molecule has 0 bridgehead atoms. The summed E-state index contributed by atoms with van der Waals surface area (Å²) in [7, 11) is 1.53. The van der Waals surface area contributed by atoms with Crippen molar-refractivity contribution in [3.05, 3.63) is 77.8 Å². The molecular weight excluding hydrogens is 507 g/mol. The topological polar surface area (TPSA) is 127 Å². The lowest BCUT2D eigenvalue weighted by Crippen LogP contribution is -2.59.